The summed E-state index contributed by atoms with van der Waals surface area (Å²) in [4.78, 5) is 11.6. The molecule has 1 saturated carbocycles. The van der Waals surface area contributed by atoms with Crippen molar-refractivity contribution in [1.82, 2.24) is 5.32 Å². The van der Waals surface area contributed by atoms with Gasteiger partial charge in [-0.3, -0.25) is 4.79 Å². The fourth-order valence-electron chi connectivity index (χ4n) is 2.02. The van der Waals surface area contributed by atoms with E-state index in [1.807, 2.05) is 0 Å². The molecule has 0 aromatic heterocycles. The van der Waals surface area contributed by atoms with Gasteiger partial charge in [-0.1, -0.05) is 18.6 Å². The Morgan fingerprint density at radius 3 is 2.35 bits per heavy atom. The molecule has 0 heterocycles. The second-order valence-corrected chi connectivity index (χ2v) is 5.01. The molecule has 0 aliphatic heterocycles. The molecule has 0 bridgehead atoms. The first kappa shape index (κ1) is 14.8. The smallest absolute Gasteiger partial charge is 0.387 e. The van der Waals surface area contributed by atoms with E-state index in [1.165, 1.54) is 12.1 Å². The number of benzene rings is 1. The lowest BCUT2D eigenvalue weighted by Gasteiger charge is -2.24. The van der Waals surface area contributed by atoms with Gasteiger partial charge in [0.2, 0.25) is 5.91 Å². The van der Waals surface area contributed by atoms with Crippen LogP contribution < -0.4 is 5.32 Å². The summed E-state index contributed by atoms with van der Waals surface area (Å²) in [6.07, 6.45) is -2.62. The summed E-state index contributed by atoms with van der Waals surface area (Å²) in [6.45, 7) is 0.0146. The summed E-state index contributed by atoms with van der Waals surface area (Å²) >= 11 is 0. The van der Waals surface area contributed by atoms with E-state index in [0.717, 1.165) is 31.4 Å². The molecule has 0 radical (unpaired) electrons. The lowest BCUT2D eigenvalue weighted by molar-refractivity contribution is -0.137. The van der Waals surface area contributed by atoms with Crippen molar-refractivity contribution in [1.29, 1.82) is 0 Å². The summed E-state index contributed by atoms with van der Waals surface area (Å²) in [5.74, 6) is -0.0722. The maximum atomic E-state index is 12.4. The molecule has 1 aromatic carbocycles. The monoisotopic (exact) mass is 287 g/mol. The van der Waals surface area contributed by atoms with Crippen LogP contribution in [0.15, 0.2) is 24.3 Å². The molecule has 1 atom stereocenters. The minimum Gasteiger partial charge on any atom is -0.387 e. The molecule has 1 aliphatic carbocycles. The Morgan fingerprint density at radius 1 is 1.30 bits per heavy atom. The van der Waals surface area contributed by atoms with E-state index in [4.69, 9.17) is 0 Å². The zero-order chi connectivity index (χ0) is 14.8. The zero-order valence-corrected chi connectivity index (χ0v) is 10.8. The van der Waals surface area contributed by atoms with Gasteiger partial charge in [0.15, 0.2) is 0 Å². The third kappa shape index (κ3) is 3.50. The highest BCUT2D eigenvalue weighted by atomic mass is 19.4. The minimum absolute atomic E-state index is 0.0146. The molecule has 6 heteroatoms. The van der Waals surface area contributed by atoms with Crippen molar-refractivity contribution in [3.05, 3.63) is 35.4 Å². The van der Waals surface area contributed by atoms with Crippen LogP contribution in [0.25, 0.3) is 0 Å². The van der Waals surface area contributed by atoms with Crippen molar-refractivity contribution in [3.8, 4) is 0 Å². The van der Waals surface area contributed by atoms with Crippen LogP contribution in [0.3, 0.4) is 0 Å². The minimum atomic E-state index is -4.39. The molecule has 0 saturated heterocycles. The Kier molecular flexibility index (Phi) is 4.32. The number of hydrogen-bond acceptors (Lipinski definition) is 2. The van der Waals surface area contributed by atoms with Gasteiger partial charge in [-0.2, -0.15) is 13.2 Å². The normalized spacial score (nSPS) is 17.4. The first-order valence-electron chi connectivity index (χ1n) is 6.51. The third-order valence-electron chi connectivity index (χ3n) is 3.57. The molecule has 1 amide bonds. The highest BCUT2D eigenvalue weighted by Gasteiger charge is 2.30. The van der Waals surface area contributed by atoms with Gasteiger partial charge >= 0.3 is 6.18 Å². The molecule has 0 spiro atoms. The van der Waals surface area contributed by atoms with Crippen LogP contribution >= 0.6 is 0 Å². The molecule has 1 aliphatic rings. The predicted molar refractivity (Wildman–Crippen MR) is 66.8 cm³/mol. The van der Waals surface area contributed by atoms with Crippen molar-refractivity contribution in [2.24, 2.45) is 5.92 Å². The standard InChI is InChI=1S/C14H16F3NO2/c15-14(16,17)11-6-4-9(5-7-11)12(19)8-18-13(20)10-2-1-3-10/h4-7,10,12,19H,1-3,8H2,(H,18,20). The van der Waals surface area contributed by atoms with Gasteiger partial charge in [-0.25, -0.2) is 0 Å². The largest absolute Gasteiger partial charge is 0.416 e. The van der Waals surface area contributed by atoms with E-state index >= 15 is 0 Å². The maximum absolute atomic E-state index is 12.4. The highest BCUT2D eigenvalue weighted by Crippen LogP contribution is 2.30. The summed E-state index contributed by atoms with van der Waals surface area (Å²) in [5.41, 5.74) is -0.404. The third-order valence-corrected chi connectivity index (χ3v) is 3.57. The van der Waals surface area contributed by atoms with E-state index in [0.29, 0.717) is 5.56 Å². The average molecular weight is 287 g/mol. The zero-order valence-electron chi connectivity index (χ0n) is 10.8. The molecule has 1 unspecified atom stereocenters. The fraction of sp³-hybridized carbons (Fsp3) is 0.500. The first-order valence-corrected chi connectivity index (χ1v) is 6.51. The lowest BCUT2D eigenvalue weighted by Crippen LogP contribution is -2.36. The van der Waals surface area contributed by atoms with Gasteiger partial charge in [0, 0.05) is 12.5 Å². The van der Waals surface area contributed by atoms with Crippen LogP contribution in [0.4, 0.5) is 13.2 Å². The van der Waals surface area contributed by atoms with E-state index in [-0.39, 0.29) is 18.4 Å². The number of amides is 1. The Balaban J connectivity index is 1.88. The molecule has 2 N–H and O–H groups in total. The molecular weight excluding hydrogens is 271 g/mol. The lowest BCUT2D eigenvalue weighted by atomic mass is 9.85. The second kappa shape index (κ2) is 5.83. The van der Waals surface area contributed by atoms with E-state index < -0.39 is 17.8 Å². The number of carbonyl (C=O) groups is 1. The number of aliphatic hydroxyl groups excluding tert-OH is 1. The Hall–Kier alpha value is -1.56. The van der Waals surface area contributed by atoms with E-state index in [9.17, 15) is 23.1 Å². The quantitative estimate of drug-likeness (QED) is 0.894. The molecule has 20 heavy (non-hydrogen) atoms. The molecule has 2 rings (SSSR count). The van der Waals surface area contributed by atoms with Gasteiger partial charge < -0.3 is 10.4 Å². The van der Waals surface area contributed by atoms with Crippen molar-refractivity contribution in [2.45, 2.75) is 31.5 Å². The fourth-order valence-corrected chi connectivity index (χ4v) is 2.02. The van der Waals surface area contributed by atoms with Gasteiger partial charge in [0.1, 0.15) is 0 Å². The molecule has 1 aromatic rings. The van der Waals surface area contributed by atoms with Crippen molar-refractivity contribution in [3.63, 3.8) is 0 Å². The van der Waals surface area contributed by atoms with Crippen LogP contribution in [0.1, 0.15) is 36.5 Å². The van der Waals surface area contributed by atoms with Gasteiger partial charge in [-0.15, -0.1) is 0 Å². The van der Waals surface area contributed by atoms with E-state index in [1.54, 1.807) is 0 Å². The Morgan fingerprint density at radius 2 is 1.90 bits per heavy atom. The summed E-state index contributed by atoms with van der Waals surface area (Å²) in [7, 11) is 0. The maximum Gasteiger partial charge on any atom is 0.416 e. The Bertz CT molecular complexity index is 466. The van der Waals surface area contributed by atoms with Crippen LogP contribution in [0.5, 0.6) is 0 Å². The number of carbonyl (C=O) groups excluding carboxylic acids is 1. The predicted octanol–water partition coefficient (Wildman–Crippen LogP) is 2.66. The van der Waals surface area contributed by atoms with Gasteiger partial charge in [0.25, 0.3) is 0 Å². The number of aliphatic hydroxyl groups is 1. The number of rotatable bonds is 4. The van der Waals surface area contributed by atoms with Crippen molar-refractivity contribution >= 4 is 5.91 Å². The summed E-state index contributed by atoms with van der Waals surface area (Å²) in [5, 5.41) is 12.5. The van der Waals surface area contributed by atoms with Crippen LogP contribution in [0, 0.1) is 5.92 Å². The first-order chi connectivity index (χ1) is 9.38. The van der Waals surface area contributed by atoms with Gasteiger partial charge in [-0.05, 0) is 30.5 Å². The summed E-state index contributed by atoms with van der Waals surface area (Å²) in [6, 6.07) is 4.30. The van der Waals surface area contributed by atoms with Crippen molar-refractivity contribution in [2.75, 3.05) is 6.54 Å². The Labute approximate surface area is 114 Å². The number of halogens is 3. The molecular formula is C14H16F3NO2. The molecule has 3 nitrogen and oxygen atoms in total. The van der Waals surface area contributed by atoms with E-state index in [2.05, 4.69) is 5.32 Å². The second-order valence-electron chi connectivity index (χ2n) is 5.01. The van der Waals surface area contributed by atoms with Crippen LogP contribution in [-0.4, -0.2) is 17.6 Å². The molecule has 110 valence electrons. The highest BCUT2D eigenvalue weighted by molar-refractivity contribution is 5.79. The van der Waals surface area contributed by atoms with Gasteiger partial charge in [0.05, 0.1) is 11.7 Å². The average Bonchev–Trinajstić information content (AvgIpc) is 2.33. The molecule has 1 fully saturated rings. The van der Waals surface area contributed by atoms with Crippen LogP contribution in [-0.2, 0) is 11.0 Å². The SMILES string of the molecule is O=C(NCC(O)c1ccc(C(F)(F)F)cc1)C1CCC1. The number of hydrogen-bond donors (Lipinski definition) is 2. The van der Waals surface area contributed by atoms with Crippen LogP contribution in [0.2, 0.25) is 0 Å². The summed E-state index contributed by atoms with van der Waals surface area (Å²) < 4.78 is 37.2. The topological polar surface area (TPSA) is 49.3 Å². The van der Waals surface area contributed by atoms with Crippen molar-refractivity contribution < 1.29 is 23.1 Å². The number of nitrogens with one attached hydrogen (secondary N) is 1. The number of alkyl halides is 3.